The fourth-order valence-electron chi connectivity index (χ4n) is 1.81. The number of halogens is 1. The van der Waals surface area contributed by atoms with Gasteiger partial charge in [-0.3, -0.25) is 5.10 Å². The molecule has 1 aromatic heterocycles. The van der Waals surface area contributed by atoms with Gasteiger partial charge in [0.1, 0.15) is 5.75 Å². The average molecular weight is 252 g/mol. The van der Waals surface area contributed by atoms with Crippen molar-refractivity contribution in [1.82, 2.24) is 10.2 Å². The molecule has 0 atom stereocenters. The van der Waals surface area contributed by atoms with Crippen molar-refractivity contribution >= 4 is 11.6 Å². The van der Waals surface area contributed by atoms with E-state index in [4.69, 9.17) is 22.1 Å². The minimum Gasteiger partial charge on any atom is -0.497 e. The Morgan fingerprint density at radius 3 is 2.82 bits per heavy atom. The van der Waals surface area contributed by atoms with Gasteiger partial charge in [0.25, 0.3) is 0 Å². The van der Waals surface area contributed by atoms with Gasteiger partial charge in [0, 0.05) is 23.4 Å². The van der Waals surface area contributed by atoms with Gasteiger partial charge in [0.15, 0.2) is 0 Å². The number of hydrogen-bond donors (Lipinski definition) is 2. The number of nitrogens with one attached hydrogen (secondary N) is 1. The molecular formula is C12H14ClN3O. The van der Waals surface area contributed by atoms with Gasteiger partial charge in [-0.05, 0) is 25.1 Å². The van der Waals surface area contributed by atoms with Crippen LogP contribution in [0.5, 0.6) is 5.75 Å². The second-order valence-corrected chi connectivity index (χ2v) is 4.13. The number of nitrogens with zero attached hydrogens (tertiary/aromatic N) is 1. The molecule has 1 heterocycles. The normalized spacial score (nSPS) is 10.6. The fourth-order valence-corrected chi connectivity index (χ4v) is 2.08. The fraction of sp³-hybridized carbons (Fsp3) is 0.250. The summed E-state index contributed by atoms with van der Waals surface area (Å²) in [5.74, 6) is 0.731. The van der Waals surface area contributed by atoms with E-state index in [2.05, 4.69) is 10.2 Å². The number of benzene rings is 1. The summed E-state index contributed by atoms with van der Waals surface area (Å²) in [5.41, 5.74) is 9.32. The first-order chi connectivity index (χ1) is 8.17. The van der Waals surface area contributed by atoms with E-state index in [-0.39, 0.29) is 0 Å². The Hall–Kier alpha value is -1.52. The van der Waals surface area contributed by atoms with Crippen LogP contribution in [0.4, 0.5) is 0 Å². The van der Waals surface area contributed by atoms with E-state index >= 15 is 0 Å². The summed E-state index contributed by atoms with van der Waals surface area (Å²) < 4.78 is 5.12. The first-order valence-corrected chi connectivity index (χ1v) is 5.63. The SMILES string of the molecule is COc1ccc(-c2c(CN)n[nH]c2C)c(Cl)c1. The van der Waals surface area contributed by atoms with Crippen molar-refractivity contribution in [2.75, 3.05) is 7.11 Å². The molecule has 0 radical (unpaired) electrons. The molecule has 0 amide bonds. The van der Waals surface area contributed by atoms with E-state index in [0.717, 1.165) is 28.3 Å². The minimum atomic E-state index is 0.377. The number of methoxy groups -OCH3 is 1. The van der Waals surface area contributed by atoms with Crippen LogP contribution >= 0.6 is 11.6 Å². The van der Waals surface area contributed by atoms with Crippen LogP contribution in [-0.4, -0.2) is 17.3 Å². The summed E-state index contributed by atoms with van der Waals surface area (Å²) >= 11 is 6.24. The number of nitrogens with two attached hydrogens (primary N) is 1. The lowest BCUT2D eigenvalue weighted by Gasteiger charge is -2.07. The van der Waals surface area contributed by atoms with Gasteiger partial charge in [-0.25, -0.2) is 0 Å². The van der Waals surface area contributed by atoms with Crippen molar-refractivity contribution in [2.45, 2.75) is 13.5 Å². The lowest BCUT2D eigenvalue weighted by atomic mass is 10.0. The topological polar surface area (TPSA) is 63.9 Å². The highest BCUT2D eigenvalue weighted by Gasteiger charge is 2.14. The molecule has 0 bridgehead atoms. The van der Waals surface area contributed by atoms with Crippen LogP contribution in [0.25, 0.3) is 11.1 Å². The second kappa shape index (κ2) is 4.77. The number of H-pyrrole nitrogens is 1. The molecule has 2 aromatic rings. The maximum absolute atomic E-state index is 6.24. The summed E-state index contributed by atoms with van der Waals surface area (Å²) in [5, 5.41) is 7.71. The van der Waals surface area contributed by atoms with Crippen LogP contribution in [-0.2, 0) is 6.54 Å². The van der Waals surface area contributed by atoms with Crippen LogP contribution in [0.15, 0.2) is 18.2 Å². The number of aromatic amines is 1. The zero-order valence-electron chi connectivity index (χ0n) is 9.75. The van der Waals surface area contributed by atoms with Crippen molar-refractivity contribution in [3.8, 4) is 16.9 Å². The predicted molar refractivity (Wildman–Crippen MR) is 68.2 cm³/mol. The van der Waals surface area contributed by atoms with Gasteiger partial charge < -0.3 is 10.5 Å². The van der Waals surface area contributed by atoms with Crippen LogP contribution in [0.3, 0.4) is 0 Å². The van der Waals surface area contributed by atoms with Gasteiger partial charge in [0.05, 0.1) is 17.8 Å². The monoisotopic (exact) mass is 251 g/mol. The van der Waals surface area contributed by atoms with Crippen LogP contribution in [0, 0.1) is 6.92 Å². The zero-order valence-corrected chi connectivity index (χ0v) is 10.5. The van der Waals surface area contributed by atoms with Gasteiger partial charge >= 0.3 is 0 Å². The number of rotatable bonds is 3. The summed E-state index contributed by atoms with van der Waals surface area (Å²) in [6.07, 6.45) is 0. The van der Waals surface area contributed by atoms with Crippen molar-refractivity contribution < 1.29 is 4.74 Å². The summed E-state index contributed by atoms with van der Waals surface area (Å²) in [6, 6.07) is 5.57. The Balaban J connectivity index is 2.56. The molecule has 17 heavy (non-hydrogen) atoms. The Labute approximate surface area is 105 Å². The molecule has 0 saturated carbocycles. The number of ether oxygens (including phenoxy) is 1. The second-order valence-electron chi connectivity index (χ2n) is 3.72. The molecule has 5 heteroatoms. The van der Waals surface area contributed by atoms with Crippen LogP contribution in [0.1, 0.15) is 11.4 Å². The molecule has 0 unspecified atom stereocenters. The molecule has 90 valence electrons. The molecule has 0 aliphatic heterocycles. The minimum absolute atomic E-state index is 0.377. The Morgan fingerprint density at radius 2 is 2.24 bits per heavy atom. The number of hydrogen-bond acceptors (Lipinski definition) is 3. The molecular weight excluding hydrogens is 238 g/mol. The quantitative estimate of drug-likeness (QED) is 0.881. The third-order valence-electron chi connectivity index (χ3n) is 2.66. The third-order valence-corrected chi connectivity index (χ3v) is 2.97. The molecule has 1 aromatic carbocycles. The van der Waals surface area contributed by atoms with E-state index in [1.54, 1.807) is 13.2 Å². The molecule has 0 fully saturated rings. The van der Waals surface area contributed by atoms with E-state index in [9.17, 15) is 0 Å². The third kappa shape index (κ3) is 2.14. The highest BCUT2D eigenvalue weighted by Crippen LogP contribution is 2.34. The van der Waals surface area contributed by atoms with E-state index in [0.29, 0.717) is 11.6 Å². The lowest BCUT2D eigenvalue weighted by Crippen LogP contribution is -1.99. The smallest absolute Gasteiger partial charge is 0.120 e. The first-order valence-electron chi connectivity index (χ1n) is 5.25. The Morgan fingerprint density at radius 1 is 1.47 bits per heavy atom. The standard InChI is InChI=1S/C12H14ClN3O/c1-7-12(11(6-14)16-15-7)9-4-3-8(17-2)5-10(9)13/h3-5H,6,14H2,1-2H3,(H,15,16). The van der Waals surface area contributed by atoms with E-state index in [1.165, 1.54) is 0 Å². The van der Waals surface area contributed by atoms with E-state index < -0.39 is 0 Å². The Bertz CT molecular complexity index is 537. The molecule has 3 N–H and O–H groups in total. The van der Waals surface area contributed by atoms with Crippen LogP contribution < -0.4 is 10.5 Å². The number of aryl methyl sites for hydroxylation is 1. The molecule has 0 aliphatic rings. The van der Waals surface area contributed by atoms with Crippen molar-refractivity contribution in [2.24, 2.45) is 5.73 Å². The predicted octanol–water partition coefficient (Wildman–Crippen LogP) is 2.51. The average Bonchev–Trinajstić information content (AvgIpc) is 2.70. The zero-order chi connectivity index (χ0) is 12.4. The van der Waals surface area contributed by atoms with Gasteiger partial charge in [-0.2, -0.15) is 5.10 Å². The largest absolute Gasteiger partial charge is 0.497 e. The van der Waals surface area contributed by atoms with Crippen molar-refractivity contribution in [3.63, 3.8) is 0 Å². The molecule has 0 aliphatic carbocycles. The number of aromatic nitrogens is 2. The molecule has 4 nitrogen and oxygen atoms in total. The molecule has 0 saturated heterocycles. The maximum Gasteiger partial charge on any atom is 0.120 e. The lowest BCUT2D eigenvalue weighted by molar-refractivity contribution is 0.415. The maximum atomic E-state index is 6.24. The summed E-state index contributed by atoms with van der Waals surface area (Å²) in [4.78, 5) is 0. The van der Waals surface area contributed by atoms with Crippen molar-refractivity contribution in [1.29, 1.82) is 0 Å². The van der Waals surface area contributed by atoms with Crippen molar-refractivity contribution in [3.05, 3.63) is 34.6 Å². The van der Waals surface area contributed by atoms with Gasteiger partial charge in [0.2, 0.25) is 0 Å². The van der Waals surface area contributed by atoms with Crippen LogP contribution in [0.2, 0.25) is 5.02 Å². The van der Waals surface area contributed by atoms with E-state index in [1.807, 2.05) is 19.1 Å². The summed E-state index contributed by atoms with van der Waals surface area (Å²) in [6.45, 7) is 2.32. The van der Waals surface area contributed by atoms with Gasteiger partial charge in [-0.15, -0.1) is 0 Å². The summed E-state index contributed by atoms with van der Waals surface area (Å²) in [7, 11) is 1.61. The first kappa shape index (κ1) is 12.0. The Kier molecular flexibility index (Phi) is 3.36. The highest BCUT2D eigenvalue weighted by molar-refractivity contribution is 6.33. The van der Waals surface area contributed by atoms with Gasteiger partial charge in [-0.1, -0.05) is 11.6 Å². The highest BCUT2D eigenvalue weighted by atomic mass is 35.5. The molecule has 2 rings (SSSR count). The molecule has 0 spiro atoms.